The molecule has 0 atom stereocenters. The Morgan fingerprint density at radius 2 is 1.32 bits per heavy atom. The minimum Gasteiger partial charge on any atom is -0.508 e. The normalized spacial score (nSPS) is 10.9. The number of benzene rings is 1. The van der Waals surface area contributed by atoms with Crippen LogP contribution < -0.4 is 0 Å². The minimum absolute atomic E-state index is 0.0381. The van der Waals surface area contributed by atoms with Crippen LogP contribution in [0.1, 0.15) is 113 Å². The summed E-state index contributed by atoms with van der Waals surface area (Å²) in [5.41, 5.74) is 0.490. The summed E-state index contributed by atoms with van der Waals surface area (Å²) in [5.74, 6) is -0.373. The molecule has 0 fully saturated rings. The molecule has 0 aromatic heterocycles. The van der Waals surface area contributed by atoms with Gasteiger partial charge in [-0.15, -0.1) is 0 Å². The number of phenolic OH excluding ortho intramolecular Hbond substituents is 2. The van der Waals surface area contributed by atoms with E-state index in [9.17, 15) is 19.8 Å². The van der Waals surface area contributed by atoms with Gasteiger partial charge in [0.2, 0.25) is 0 Å². The van der Waals surface area contributed by atoms with Crippen LogP contribution in [-0.2, 0) is 11.2 Å². The van der Waals surface area contributed by atoms with Crippen LogP contribution in [0.5, 0.6) is 11.5 Å². The fraction of sp³-hybridized carbons (Fsp3) is 0.667. The molecule has 0 aliphatic heterocycles. The summed E-state index contributed by atoms with van der Waals surface area (Å²) < 4.78 is 0. The first-order valence-electron chi connectivity index (χ1n) is 11.1. The largest absolute Gasteiger partial charge is 0.508 e. The van der Waals surface area contributed by atoms with Crippen molar-refractivity contribution in [3.8, 4) is 11.5 Å². The molecule has 0 spiro atoms. The zero-order valence-electron chi connectivity index (χ0n) is 17.5. The average Bonchev–Trinajstić information content (AvgIpc) is 2.65. The lowest BCUT2D eigenvalue weighted by atomic mass is 9.98. The first-order chi connectivity index (χ1) is 13.6. The molecule has 0 aliphatic rings. The molecule has 1 aromatic rings. The van der Waals surface area contributed by atoms with E-state index >= 15 is 0 Å². The molecule has 4 heteroatoms. The summed E-state index contributed by atoms with van der Waals surface area (Å²) in [5, 5.41) is 19.2. The van der Waals surface area contributed by atoms with Gasteiger partial charge in [-0.3, -0.25) is 9.59 Å². The van der Waals surface area contributed by atoms with E-state index in [0.29, 0.717) is 18.3 Å². The predicted molar refractivity (Wildman–Crippen MR) is 114 cm³/mol. The van der Waals surface area contributed by atoms with Crippen molar-refractivity contribution in [3.63, 3.8) is 0 Å². The smallest absolute Gasteiger partial charge is 0.154 e. The third-order valence-electron chi connectivity index (χ3n) is 5.29. The maximum Gasteiger partial charge on any atom is 0.154 e. The van der Waals surface area contributed by atoms with Crippen LogP contribution in [0.15, 0.2) is 12.1 Å². The number of hydrogen-bond acceptors (Lipinski definition) is 4. The van der Waals surface area contributed by atoms with Crippen molar-refractivity contribution in [2.24, 2.45) is 0 Å². The number of aromatic hydroxyl groups is 2. The molecule has 1 rings (SSSR count). The summed E-state index contributed by atoms with van der Waals surface area (Å²) in [6.07, 6.45) is 17.6. The van der Waals surface area contributed by atoms with E-state index in [0.717, 1.165) is 25.3 Å². The first-order valence-corrected chi connectivity index (χ1v) is 11.1. The van der Waals surface area contributed by atoms with E-state index in [1.165, 1.54) is 70.3 Å². The second-order valence-corrected chi connectivity index (χ2v) is 7.86. The highest BCUT2D eigenvalue weighted by atomic mass is 16.3. The first kappa shape index (κ1) is 24.2. The maximum atomic E-state index is 12.1. The Balaban J connectivity index is 2.05. The Labute approximate surface area is 170 Å². The quantitative estimate of drug-likeness (QED) is 0.235. The summed E-state index contributed by atoms with van der Waals surface area (Å²) in [6.45, 7) is 2.25. The van der Waals surface area contributed by atoms with Crippen molar-refractivity contribution >= 4 is 12.1 Å². The average molecular weight is 391 g/mol. The van der Waals surface area contributed by atoms with Gasteiger partial charge in [-0.05, 0) is 18.1 Å². The lowest BCUT2D eigenvalue weighted by Crippen LogP contribution is -2.05. The lowest BCUT2D eigenvalue weighted by molar-refractivity contribution is -0.118. The monoisotopic (exact) mass is 390 g/mol. The number of phenols is 2. The van der Waals surface area contributed by atoms with Crippen LogP contribution in [0.25, 0.3) is 0 Å². The van der Waals surface area contributed by atoms with Crippen molar-refractivity contribution in [1.82, 2.24) is 0 Å². The van der Waals surface area contributed by atoms with E-state index in [2.05, 4.69) is 6.92 Å². The van der Waals surface area contributed by atoms with Gasteiger partial charge in [0.05, 0.1) is 5.56 Å². The highest BCUT2D eigenvalue weighted by Gasteiger charge is 2.13. The molecule has 4 nitrogen and oxygen atoms in total. The molecule has 1 aromatic carbocycles. The van der Waals surface area contributed by atoms with Crippen LogP contribution in [0.4, 0.5) is 0 Å². The SMILES string of the molecule is CCCCCCCCCCCCCCCC(=O)Cc1cc(O)cc(O)c1C=O. The maximum absolute atomic E-state index is 12.1. The number of unbranched alkanes of at least 4 members (excludes halogenated alkanes) is 12. The van der Waals surface area contributed by atoms with Crippen LogP contribution in [-0.4, -0.2) is 22.3 Å². The van der Waals surface area contributed by atoms with Gasteiger partial charge in [-0.2, -0.15) is 0 Å². The van der Waals surface area contributed by atoms with Gasteiger partial charge in [-0.1, -0.05) is 84.0 Å². The van der Waals surface area contributed by atoms with Gasteiger partial charge in [0.15, 0.2) is 6.29 Å². The molecular formula is C24H38O4. The number of Topliss-reactive ketones (excluding diaryl/α,β-unsaturated/α-hetero) is 1. The third kappa shape index (κ3) is 10.5. The molecule has 158 valence electrons. The minimum atomic E-state index is -0.279. The Kier molecular flexibility index (Phi) is 13.1. The molecule has 0 saturated carbocycles. The molecular weight excluding hydrogens is 352 g/mol. The molecule has 0 saturated heterocycles. The fourth-order valence-electron chi connectivity index (χ4n) is 3.60. The van der Waals surface area contributed by atoms with Crippen LogP contribution >= 0.6 is 0 Å². The van der Waals surface area contributed by atoms with E-state index in [1.54, 1.807) is 0 Å². The van der Waals surface area contributed by atoms with Gasteiger partial charge < -0.3 is 10.2 Å². The predicted octanol–water partition coefficient (Wildman–Crippen LogP) is 6.50. The number of carbonyl (C=O) groups excluding carboxylic acids is 2. The second-order valence-electron chi connectivity index (χ2n) is 7.86. The number of ketones is 1. The molecule has 0 unspecified atom stereocenters. The van der Waals surface area contributed by atoms with Crippen LogP contribution in [0.2, 0.25) is 0 Å². The number of rotatable bonds is 17. The molecule has 0 amide bonds. The Hall–Kier alpha value is -1.84. The summed E-state index contributed by atoms with van der Waals surface area (Å²) in [7, 11) is 0. The Morgan fingerprint density at radius 3 is 1.82 bits per heavy atom. The topological polar surface area (TPSA) is 74.6 Å². The van der Waals surface area contributed by atoms with Crippen LogP contribution in [0, 0.1) is 0 Å². The molecule has 0 heterocycles. The van der Waals surface area contributed by atoms with Gasteiger partial charge in [0, 0.05) is 18.9 Å². The Morgan fingerprint density at radius 1 is 0.821 bits per heavy atom. The summed E-state index contributed by atoms with van der Waals surface area (Å²) in [4.78, 5) is 23.2. The molecule has 0 aliphatic carbocycles. The van der Waals surface area contributed by atoms with Crippen LogP contribution in [0.3, 0.4) is 0 Å². The third-order valence-corrected chi connectivity index (χ3v) is 5.29. The van der Waals surface area contributed by atoms with E-state index in [1.807, 2.05) is 0 Å². The van der Waals surface area contributed by atoms with E-state index in [4.69, 9.17) is 0 Å². The van der Waals surface area contributed by atoms with E-state index in [-0.39, 0.29) is 29.3 Å². The van der Waals surface area contributed by atoms with Crippen molar-refractivity contribution in [1.29, 1.82) is 0 Å². The van der Waals surface area contributed by atoms with Gasteiger partial charge in [-0.25, -0.2) is 0 Å². The zero-order valence-corrected chi connectivity index (χ0v) is 17.5. The summed E-state index contributed by atoms with van der Waals surface area (Å²) in [6, 6.07) is 2.50. The highest BCUT2D eigenvalue weighted by molar-refractivity contribution is 5.87. The van der Waals surface area contributed by atoms with Crippen molar-refractivity contribution in [2.45, 2.75) is 103 Å². The zero-order chi connectivity index (χ0) is 20.6. The lowest BCUT2D eigenvalue weighted by Gasteiger charge is -2.07. The fourth-order valence-corrected chi connectivity index (χ4v) is 3.60. The molecule has 2 N–H and O–H groups in total. The second kappa shape index (κ2) is 15.1. The summed E-state index contributed by atoms with van der Waals surface area (Å²) >= 11 is 0. The van der Waals surface area contributed by atoms with E-state index < -0.39 is 0 Å². The van der Waals surface area contributed by atoms with Crippen molar-refractivity contribution in [3.05, 3.63) is 23.3 Å². The van der Waals surface area contributed by atoms with Crippen molar-refractivity contribution in [2.75, 3.05) is 0 Å². The van der Waals surface area contributed by atoms with Gasteiger partial charge >= 0.3 is 0 Å². The molecule has 0 bridgehead atoms. The van der Waals surface area contributed by atoms with Gasteiger partial charge in [0.25, 0.3) is 0 Å². The highest BCUT2D eigenvalue weighted by Crippen LogP contribution is 2.26. The number of aldehydes is 1. The van der Waals surface area contributed by atoms with Gasteiger partial charge in [0.1, 0.15) is 17.3 Å². The Bertz CT molecular complexity index is 580. The molecule has 28 heavy (non-hydrogen) atoms. The standard InChI is InChI=1S/C24H38O4/c1-2-3-4-5-6-7-8-9-10-11-12-13-14-15-21(26)16-20-17-22(27)18-24(28)23(20)19-25/h17-19,27-28H,2-16H2,1H3. The number of carbonyl (C=O) groups is 2. The van der Waals surface area contributed by atoms with Crippen molar-refractivity contribution < 1.29 is 19.8 Å². The molecule has 0 radical (unpaired) electrons. The number of hydrogen-bond donors (Lipinski definition) is 2.